The van der Waals surface area contributed by atoms with Gasteiger partial charge < -0.3 is 42.1 Å². The summed E-state index contributed by atoms with van der Waals surface area (Å²) < 4.78 is 0. The molecule has 0 aromatic rings. The predicted molar refractivity (Wildman–Crippen MR) is 102 cm³/mol. The largest absolute Gasteiger partial charge is 0.481 e. The molecule has 0 fully saturated rings. The third kappa shape index (κ3) is 10.4. The standard InChI is InChI=1S/C17H28N4O10/c1-7(2)13(18)16(29)20-9(5-12(25)26)14(27)21-10(6-22)15(28)19-8(17(30)31)3-4-11(23)24/h7-10,13,22H,3-6,18H2,1-2H3,(H,19,28)(H,20,29)(H,21,27)(H,23,24)(H,25,26)(H,30,31). The van der Waals surface area contributed by atoms with Crippen molar-refractivity contribution in [3.8, 4) is 0 Å². The number of carbonyl (C=O) groups is 6. The first kappa shape index (κ1) is 27.7. The van der Waals surface area contributed by atoms with Crippen LogP contribution in [0.5, 0.6) is 0 Å². The van der Waals surface area contributed by atoms with E-state index in [-0.39, 0.29) is 5.92 Å². The highest BCUT2D eigenvalue weighted by molar-refractivity contribution is 5.95. The van der Waals surface area contributed by atoms with Gasteiger partial charge in [-0.3, -0.25) is 24.0 Å². The number of hydrogen-bond donors (Lipinski definition) is 8. The lowest BCUT2D eigenvalue weighted by molar-refractivity contribution is -0.144. The molecule has 0 saturated carbocycles. The molecule has 0 rings (SSSR count). The number of amides is 3. The fraction of sp³-hybridized carbons (Fsp3) is 0.647. The zero-order valence-electron chi connectivity index (χ0n) is 17.0. The Kier molecular flexibility index (Phi) is 11.7. The first-order chi connectivity index (χ1) is 14.3. The number of carboxylic acids is 3. The molecule has 0 aromatic heterocycles. The van der Waals surface area contributed by atoms with Crippen molar-refractivity contribution in [2.45, 2.75) is 57.3 Å². The molecule has 0 aliphatic rings. The van der Waals surface area contributed by atoms with Crippen LogP contribution in [0.2, 0.25) is 0 Å². The second-order valence-corrected chi connectivity index (χ2v) is 7.00. The van der Waals surface area contributed by atoms with Crippen molar-refractivity contribution < 1.29 is 49.2 Å². The molecule has 0 aromatic carbocycles. The lowest BCUT2D eigenvalue weighted by atomic mass is 10.0. The lowest BCUT2D eigenvalue weighted by Crippen LogP contribution is -2.58. The van der Waals surface area contributed by atoms with Crippen molar-refractivity contribution in [1.29, 1.82) is 0 Å². The zero-order valence-corrected chi connectivity index (χ0v) is 17.0. The minimum Gasteiger partial charge on any atom is -0.481 e. The van der Waals surface area contributed by atoms with Gasteiger partial charge in [-0.1, -0.05) is 13.8 Å². The van der Waals surface area contributed by atoms with Gasteiger partial charge in [-0.15, -0.1) is 0 Å². The third-order valence-corrected chi connectivity index (χ3v) is 4.11. The van der Waals surface area contributed by atoms with Crippen LogP contribution in [0.3, 0.4) is 0 Å². The highest BCUT2D eigenvalue weighted by Crippen LogP contribution is 2.03. The summed E-state index contributed by atoms with van der Waals surface area (Å²) in [7, 11) is 0. The van der Waals surface area contributed by atoms with Crippen LogP contribution in [0.4, 0.5) is 0 Å². The second kappa shape index (κ2) is 13.1. The van der Waals surface area contributed by atoms with Crippen molar-refractivity contribution in [1.82, 2.24) is 16.0 Å². The molecule has 31 heavy (non-hydrogen) atoms. The highest BCUT2D eigenvalue weighted by atomic mass is 16.4. The monoisotopic (exact) mass is 448 g/mol. The van der Waals surface area contributed by atoms with Gasteiger partial charge in [-0.25, -0.2) is 4.79 Å². The molecule has 176 valence electrons. The van der Waals surface area contributed by atoms with Crippen molar-refractivity contribution in [2.24, 2.45) is 11.7 Å². The van der Waals surface area contributed by atoms with E-state index < -0.39 is 85.7 Å². The number of aliphatic hydroxyl groups excluding tert-OH is 1. The predicted octanol–water partition coefficient (Wildman–Crippen LogP) is -3.16. The van der Waals surface area contributed by atoms with Crippen LogP contribution in [-0.2, 0) is 28.8 Å². The molecule has 0 aliphatic carbocycles. The molecule has 4 unspecified atom stereocenters. The van der Waals surface area contributed by atoms with E-state index in [1.165, 1.54) is 0 Å². The topological polar surface area (TPSA) is 245 Å². The number of nitrogens with one attached hydrogen (secondary N) is 3. The van der Waals surface area contributed by atoms with Crippen LogP contribution >= 0.6 is 0 Å². The summed E-state index contributed by atoms with van der Waals surface area (Å²) in [6, 6.07) is -5.95. The van der Waals surface area contributed by atoms with Gasteiger partial charge in [0, 0.05) is 6.42 Å². The number of aliphatic carboxylic acids is 3. The van der Waals surface area contributed by atoms with Gasteiger partial charge in [-0.2, -0.15) is 0 Å². The maximum absolute atomic E-state index is 12.4. The average Bonchev–Trinajstić information content (AvgIpc) is 2.66. The lowest BCUT2D eigenvalue weighted by Gasteiger charge is -2.24. The number of rotatable bonds is 14. The summed E-state index contributed by atoms with van der Waals surface area (Å²) in [6.45, 7) is 2.28. The van der Waals surface area contributed by atoms with Gasteiger partial charge in [0.2, 0.25) is 17.7 Å². The van der Waals surface area contributed by atoms with Crippen LogP contribution in [0.15, 0.2) is 0 Å². The molecule has 0 bridgehead atoms. The maximum atomic E-state index is 12.4. The first-order valence-electron chi connectivity index (χ1n) is 9.24. The van der Waals surface area contributed by atoms with Crippen molar-refractivity contribution >= 4 is 35.6 Å². The van der Waals surface area contributed by atoms with Crippen LogP contribution in [-0.4, -0.2) is 86.8 Å². The van der Waals surface area contributed by atoms with Gasteiger partial charge >= 0.3 is 17.9 Å². The van der Waals surface area contributed by atoms with Gasteiger partial charge in [-0.05, 0) is 12.3 Å². The number of aliphatic hydroxyl groups is 1. The zero-order chi connectivity index (χ0) is 24.3. The molecule has 4 atom stereocenters. The van der Waals surface area contributed by atoms with Crippen LogP contribution in [0.1, 0.15) is 33.1 Å². The molecule has 0 radical (unpaired) electrons. The van der Waals surface area contributed by atoms with Gasteiger partial charge in [0.1, 0.15) is 18.1 Å². The molecule has 0 spiro atoms. The Morgan fingerprint density at radius 2 is 1.26 bits per heavy atom. The van der Waals surface area contributed by atoms with E-state index in [0.29, 0.717) is 0 Å². The molecular weight excluding hydrogens is 420 g/mol. The first-order valence-corrected chi connectivity index (χ1v) is 9.24. The van der Waals surface area contributed by atoms with Crippen molar-refractivity contribution in [2.75, 3.05) is 6.61 Å². The summed E-state index contributed by atoms with van der Waals surface area (Å²) in [5.74, 6) is -7.66. The van der Waals surface area contributed by atoms with E-state index in [9.17, 15) is 33.9 Å². The Labute approximate surface area is 177 Å². The number of carboxylic acid groups (broad SMARTS) is 3. The minimum absolute atomic E-state index is 0.316. The molecule has 3 amide bonds. The fourth-order valence-electron chi connectivity index (χ4n) is 2.22. The molecule has 0 aliphatic heterocycles. The van der Waals surface area contributed by atoms with Crippen LogP contribution in [0.25, 0.3) is 0 Å². The summed E-state index contributed by atoms with van der Waals surface area (Å²) >= 11 is 0. The summed E-state index contributed by atoms with van der Waals surface area (Å²) in [5.41, 5.74) is 5.66. The quantitative estimate of drug-likeness (QED) is 0.132. The van der Waals surface area contributed by atoms with Crippen molar-refractivity contribution in [3.63, 3.8) is 0 Å². The molecule has 0 saturated heterocycles. The Balaban J connectivity index is 5.26. The summed E-state index contributed by atoms with van der Waals surface area (Å²) in [4.78, 5) is 69.5. The van der Waals surface area contributed by atoms with Gasteiger partial charge in [0.05, 0.1) is 19.1 Å². The summed E-state index contributed by atoms with van der Waals surface area (Å²) in [5, 5.41) is 42.2. The molecule has 0 heterocycles. The molecular formula is C17H28N4O10. The highest BCUT2D eigenvalue weighted by Gasteiger charge is 2.31. The Morgan fingerprint density at radius 3 is 1.68 bits per heavy atom. The number of carbonyl (C=O) groups excluding carboxylic acids is 3. The van der Waals surface area contributed by atoms with Crippen LogP contribution < -0.4 is 21.7 Å². The van der Waals surface area contributed by atoms with Gasteiger partial charge in [0.25, 0.3) is 0 Å². The smallest absolute Gasteiger partial charge is 0.326 e. The third-order valence-electron chi connectivity index (χ3n) is 4.11. The average molecular weight is 448 g/mol. The fourth-order valence-corrected chi connectivity index (χ4v) is 2.22. The second-order valence-electron chi connectivity index (χ2n) is 7.00. The SMILES string of the molecule is CC(C)C(N)C(=O)NC(CC(=O)O)C(=O)NC(CO)C(=O)NC(CCC(=O)O)C(=O)O. The van der Waals surface area contributed by atoms with E-state index in [1.807, 2.05) is 10.6 Å². The minimum atomic E-state index is -1.69. The van der Waals surface area contributed by atoms with E-state index in [4.69, 9.17) is 21.1 Å². The Morgan fingerprint density at radius 1 is 0.774 bits per heavy atom. The van der Waals surface area contributed by atoms with E-state index in [0.717, 1.165) is 0 Å². The van der Waals surface area contributed by atoms with Crippen LogP contribution in [0, 0.1) is 5.92 Å². The number of nitrogens with two attached hydrogens (primary N) is 1. The Hall–Kier alpha value is -3.26. The number of hydrogen-bond acceptors (Lipinski definition) is 8. The molecule has 14 nitrogen and oxygen atoms in total. The van der Waals surface area contributed by atoms with Crippen molar-refractivity contribution in [3.05, 3.63) is 0 Å². The van der Waals surface area contributed by atoms with Gasteiger partial charge in [0.15, 0.2) is 0 Å². The Bertz CT molecular complexity index is 696. The molecule has 9 N–H and O–H groups in total. The van der Waals surface area contributed by atoms with E-state index in [1.54, 1.807) is 13.8 Å². The maximum Gasteiger partial charge on any atom is 0.326 e. The van der Waals surface area contributed by atoms with E-state index >= 15 is 0 Å². The van der Waals surface area contributed by atoms with E-state index in [2.05, 4.69) is 5.32 Å². The summed E-state index contributed by atoms with van der Waals surface area (Å²) in [6.07, 6.45) is -1.86. The molecule has 14 heteroatoms. The normalized spacial score (nSPS) is 14.6.